The average Bonchev–Trinajstić information content (AvgIpc) is 2.44. The molecule has 1 heterocycles. The summed E-state index contributed by atoms with van der Waals surface area (Å²) in [5, 5.41) is 49.8. The Morgan fingerprint density at radius 1 is 0.895 bits per heavy atom. The summed E-state index contributed by atoms with van der Waals surface area (Å²) in [7, 11) is 0. The summed E-state index contributed by atoms with van der Waals surface area (Å²) in [4.78, 5) is 0. The van der Waals surface area contributed by atoms with Crippen LogP contribution in [0.3, 0.4) is 0 Å². The van der Waals surface area contributed by atoms with Crippen LogP contribution in [-0.4, -0.2) is 91.4 Å². The number of hydrazine groups is 2. The van der Waals surface area contributed by atoms with Gasteiger partial charge in [0.1, 0.15) is 31.4 Å². The van der Waals surface area contributed by atoms with Crippen molar-refractivity contribution in [2.24, 2.45) is 17.2 Å². The first-order chi connectivity index (χ1) is 8.87. The molecule has 11 nitrogen and oxygen atoms in total. The van der Waals surface area contributed by atoms with Gasteiger partial charge in [-0.05, 0) is 0 Å². The molecule has 0 aliphatic carbocycles. The molecule has 0 aromatic rings. The molecule has 0 spiro atoms. The minimum atomic E-state index is -1.83. The zero-order valence-corrected chi connectivity index (χ0v) is 10.4. The fourth-order valence-corrected chi connectivity index (χ4v) is 2.23. The lowest BCUT2D eigenvalue weighted by atomic mass is 9.81. The van der Waals surface area contributed by atoms with E-state index in [0.717, 1.165) is 15.1 Å². The fraction of sp³-hybridized carbons (Fsp3) is 1.00. The highest BCUT2D eigenvalue weighted by Crippen LogP contribution is 2.32. The van der Waals surface area contributed by atoms with Gasteiger partial charge >= 0.3 is 0 Å². The SMILES string of the molecule is NC1N(CO)N(CO)N(CO)C(N)(CO)C1(N)CO. The molecule has 1 saturated heterocycles. The standard InChI is InChI=1S/C8H22N6O5/c9-6-7(10,1-15)8(11,2-16)13(4-18)14(5-19)12(6)3-17/h6,15-19H,1-5,9-11H2. The van der Waals surface area contributed by atoms with E-state index in [9.17, 15) is 25.5 Å². The van der Waals surface area contributed by atoms with Crippen LogP contribution < -0.4 is 17.2 Å². The van der Waals surface area contributed by atoms with Gasteiger partial charge in [0.2, 0.25) is 0 Å². The smallest absolute Gasteiger partial charge is 0.133 e. The molecule has 3 atom stereocenters. The zero-order valence-electron chi connectivity index (χ0n) is 10.4. The van der Waals surface area contributed by atoms with Crippen molar-refractivity contribution in [2.75, 3.05) is 33.4 Å². The van der Waals surface area contributed by atoms with Crippen LogP contribution in [0.1, 0.15) is 0 Å². The summed E-state index contributed by atoms with van der Waals surface area (Å²) in [5.41, 5.74) is 14.2. The molecular formula is C8H22N6O5. The third-order valence-electron chi connectivity index (χ3n) is 3.60. The lowest BCUT2D eigenvalue weighted by Crippen LogP contribution is -2.92. The Morgan fingerprint density at radius 2 is 1.47 bits per heavy atom. The Kier molecular flexibility index (Phi) is 5.16. The monoisotopic (exact) mass is 282 g/mol. The molecular weight excluding hydrogens is 260 g/mol. The molecule has 0 aromatic carbocycles. The summed E-state index contributed by atoms with van der Waals surface area (Å²) in [6, 6.07) is 0. The van der Waals surface area contributed by atoms with Crippen LogP contribution in [0.15, 0.2) is 0 Å². The van der Waals surface area contributed by atoms with E-state index in [0.29, 0.717) is 0 Å². The summed E-state index contributed by atoms with van der Waals surface area (Å²) in [6.45, 7) is -3.49. The molecule has 11 N–H and O–H groups in total. The number of aliphatic hydroxyl groups is 5. The molecule has 0 bridgehead atoms. The summed E-state index contributed by atoms with van der Waals surface area (Å²) in [6.07, 6.45) is -1.20. The molecule has 0 radical (unpaired) electrons. The predicted molar refractivity (Wildman–Crippen MR) is 62.8 cm³/mol. The number of hydrogen-bond acceptors (Lipinski definition) is 11. The maximum absolute atomic E-state index is 9.49. The molecule has 0 amide bonds. The molecule has 114 valence electrons. The number of hydrogen-bond donors (Lipinski definition) is 8. The van der Waals surface area contributed by atoms with Crippen LogP contribution in [0.2, 0.25) is 0 Å². The second-order valence-corrected chi connectivity index (χ2v) is 4.36. The molecule has 3 unspecified atom stereocenters. The van der Waals surface area contributed by atoms with E-state index in [1.165, 1.54) is 0 Å². The van der Waals surface area contributed by atoms with Gasteiger partial charge in [0.25, 0.3) is 0 Å². The topological polar surface area (TPSA) is 189 Å². The molecule has 1 aliphatic rings. The third kappa shape index (κ3) is 2.14. The number of aliphatic hydroxyl groups excluding tert-OH is 5. The highest BCUT2D eigenvalue weighted by Gasteiger charge is 2.61. The zero-order chi connectivity index (χ0) is 14.8. The third-order valence-corrected chi connectivity index (χ3v) is 3.60. The Morgan fingerprint density at radius 3 is 1.79 bits per heavy atom. The van der Waals surface area contributed by atoms with Gasteiger partial charge in [-0.15, -0.1) is 5.12 Å². The largest absolute Gasteiger partial charge is 0.394 e. The molecule has 0 saturated carbocycles. The molecule has 1 rings (SSSR count). The van der Waals surface area contributed by atoms with Crippen LogP contribution in [0.25, 0.3) is 0 Å². The average molecular weight is 282 g/mol. The normalized spacial score (nSPS) is 38.8. The van der Waals surface area contributed by atoms with Gasteiger partial charge in [-0.3, -0.25) is 0 Å². The molecule has 11 heteroatoms. The molecule has 1 aliphatic heterocycles. The van der Waals surface area contributed by atoms with Crippen molar-refractivity contribution in [3.05, 3.63) is 0 Å². The summed E-state index contributed by atoms with van der Waals surface area (Å²) in [5.74, 6) is 0. The minimum absolute atomic E-state index is 0.640. The summed E-state index contributed by atoms with van der Waals surface area (Å²) < 4.78 is 0. The summed E-state index contributed by atoms with van der Waals surface area (Å²) >= 11 is 0. The van der Waals surface area contributed by atoms with Gasteiger partial charge in [0, 0.05) is 0 Å². The van der Waals surface area contributed by atoms with Crippen LogP contribution in [-0.2, 0) is 0 Å². The van der Waals surface area contributed by atoms with Crippen molar-refractivity contribution in [3.63, 3.8) is 0 Å². The van der Waals surface area contributed by atoms with Crippen molar-refractivity contribution < 1.29 is 25.5 Å². The first-order valence-electron chi connectivity index (χ1n) is 5.57. The van der Waals surface area contributed by atoms with E-state index in [-0.39, 0.29) is 0 Å². The predicted octanol–water partition coefficient (Wildman–Crippen LogP) is -5.79. The second kappa shape index (κ2) is 5.90. The second-order valence-electron chi connectivity index (χ2n) is 4.36. The van der Waals surface area contributed by atoms with Crippen LogP contribution in [0.4, 0.5) is 0 Å². The lowest BCUT2D eigenvalue weighted by molar-refractivity contribution is -0.362. The van der Waals surface area contributed by atoms with E-state index in [1.807, 2.05) is 0 Å². The van der Waals surface area contributed by atoms with Crippen molar-refractivity contribution in [2.45, 2.75) is 17.4 Å². The van der Waals surface area contributed by atoms with E-state index >= 15 is 0 Å². The van der Waals surface area contributed by atoms with E-state index < -0.39 is 50.8 Å². The quantitative estimate of drug-likeness (QED) is 0.240. The van der Waals surface area contributed by atoms with E-state index in [4.69, 9.17) is 17.2 Å². The van der Waals surface area contributed by atoms with Gasteiger partial charge in [0.05, 0.1) is 19.4 Å². The lowest BCUT2D eigenvalue weighted by Gasteiger charge is -2.62. The molecule has 0 aromatic heterocycles. The van der Waals surface area contributed by atoms with Crippen molar-refractivity contribution in [3.8, 4) is 0 Å². The number of rotatable bonds is 5. The Labute approximate surface area is 109 Å². The number of nitrogens with zero attached hydrogens (tertiary/aromatic N) is 3. The van der Waals surface area contributed by atoms with Crippen LogP contribution in [0, 0.1) is 0 Å². The number of nitrogens with two attached hydrogens (primary N) is 3. The fourth-order valence-electron chi connectivity index (χ4n) is 2.23. The van der Waals surface area contributed by atoms with Crippen molar-refractivity contribution >= 4 is 0 Å². The molecule has 1 fully saturated rings. The van der Waals surface area contributed by atoms with Gasteiger partial charge in [-0.2, -0.15) is 10.0 Å². The highest BCUT2D eigenvalue weighted by molar-refractivity contribution is 5.12. The molecule has 19 heavy (non-hydrogen) atoms. The maximum Gasteiger partial charge on any atom is 0.133 e. The van der Waals surface area contributed by atoms with Gasteiger partial charge < -0.3 is 42.7 Å². The Bertz CT molecular complexity index is 309. The first kappa shape index (κ1) is 16.6. The maximum atomic E-state index is 9.49. The first-order valence-corrected chi connectivity index (χ1v) is 5.57. The van der Waals surface area contributed by atoms with Gasteiger partial charge in [-0.1, -0.05) is 0 Å². The van der Waals surface area contributed by atoms with E-state index in [1.54, 1.807) is 0 Å². The Hall–Kier alpha value is -0.440. The minimum Gasteiger partial charge on any atom is -0.394 e. The van der Waals surface area contributed by atoms with Gasteiger partial charge in [0.15, 0.2) is 0 Å². The van der Waals surface area contributed by atoms with Gasteiger partial charge in [-0.25, -0.2) is 0 Å². The van der Waals surface area contributed by atoms with Crippen LogP contribution >= 0.6 is 0 Å². The Balaban J connectivity index is 3.34. The van der Waals surface area contributed by atoms with E-state index in [2.05, 4.69) is 0 Å². The van der Waals surface area contributed by atoms with Crippen LogP contribution in [0.5, 0.6) is 0 Å². The van der Waals surface area contributed by atoms with Crippen molar-refractivity contribution in [1.82, 2.24) is 15.1 Å². The highest BCUT2D eigenvalue weighted by atomic mass is 16.3. The van der Waals surface area contributed by atoms with Crippen molar-refractivity contribution in [1.29, 1.82) is 0 Å².